The number of hydrogen-bond donors (Lipinski definition) is 0. The van der Waals surface area contributed by atoms with Crippen LogP contribution in [0.4, 0.5) is 0 Å². The van der Waals surface area contributed by atoms with Gasteiger partial charge < -0.3 is 9.47 Å². The van der Waals surface area contributed by atoms with Gasteiger partial charge in [-0.3, -0.25) is 9.59 Å². The Hall–Kier alpha value is -1.84. The molecule has 0 saturated carbocycles. The summed E-state index contributed by atoms with van der Waals surface area (Å²) in [6, 6.07) is 7.60. The van der Waals surface area contributed by atoms with Gasteiger partial charge in [-0.05, 0) is 50.8 Å². The minimum atomic E-state index is -0.125. The van der Waals surface area contributed by atoms with E-state index in [9.17, 15) is 9.59 Å². The number of ether oxygens (including phenoxy) is 2. The zero-order valence-electron chi connectivity index (χ0n) is 12.9. The number of ketones is 1. The summed E-state index contributed by atoms with van der Waals surface area (Å²) >= 11 is 0. The van der Waals surface area contributed by atoms with Gasteiger partial charge in [-0.25, -0.2) is 0 Å². The predicted octanol–water partition coefficient (Wildman–Crippen LogP) is 3.32. The van der Waals surface area contributed by atoms with E-state index in [1.54, 1.807) is 6.92 Å². The van der Waals surface area contributed by atoms with Crippen molar-refractivity contribution in [3.05, 3.63) is 29.8 Å². The van der Waals surface area contributed by atoms with E-state index in [1.807, 2.05) is 31.2 Å². The third-order valence-electron chi connectivity index (χ3n) is 2.98. The molecule has 0 heterocycles. The number of carbonyl (C=O) groups is 2. The lowest BCUT2D eigenvalue weighted by molar-refractivity contribution is -0.143. The molecule has 116 valence electrons. The minimum absolute atomic E-state index is 0.125. The summed E-state index contributed by atoms with van der Waals surface area (Å²) < 4.78 is 10.5. The normalized spacial score (nSPS) is 10.2. The van der Waals surface area contributed by atoms with Crippen LogP contribution in [0.2, 0.25) is 0 Å². The molecule has 0 atom stereocenters. The van der Waals surface area contributed by atoms with Gasteiger partial charge in [0.2, 0.25) is 0 Å². The van der Waals surface area contributed by atoms with Crippen LogP contribution in [0.3, 0.4) is 0 Å². The molecule has 0 saturated heterocycles. The Kier molecular flexibility index (Phi) is 8.17. The molecule has 0 radical (unpaired) electrons. The molecule has 0 aliphatic rings. The van der Waals surface area contributed by atoms with E-state index < -0.39 is 0 Å². The summed E-state index contributed by atoms with van der Waals surface area (Å²) in [5.41, 5.74) is 1.00. The second-order valence-electron chi connectivity index (χ2n) is 4.99. The van der Waals surface area contributed by atoms with Crippen molar-refractivity contribution in [3.63, 3.8) is 0 Å². The summed E-state index contributed by atoms with van der Waals surface area (Å²) in [4.78, 5) is 22.1. The highest BCUT2D eigenvalue weighted by molar-refractivity contribution is 5.78. The molecule has 0 aliphatic carbocycles. The SMILES string of the molecule is CCOC(=O)CCCCCOc1ccc(CC(C)=O)cc1. The molecule has 0 aromatic heterocycles. The first-order chi connectivity index (χ1) is 10.1. The van der Waals surface area contributed by atoms with Crippen LogP contribution in [0.15, 0.2) is 24.3 Å². The van der Waals surface area contributed by atoms with Crippen molar-refractivity contribution in [2.75, 3.05) is 13.2 Å². The van der Waals surface area contributed by atoms with Crippen LogP contribution in [-0.4, -0.2) is 25.0 Å². The second kappa shape index (κ2) is 9.97. The maximum absolute atomic E-state index is 11.1. The molecule has 0 spiro atoms. The zero-order chi connectivity index (χ0) is 15.5. The summed E-state index contributed by atoms with van der Waals surface area (Å²) in [6.45, 7) is 4.48. The Morgan fingerprint density at radius 1 is 1.05 bits per heavy atom. The fraction of sp³-hybridized carbons (Fsp3) is 0.529. The Morgan fingerprint density at radius 2 is 1.76 bits per heavy atom. The van der Waals surface area contributed by atoms with Crippen molar-refractivity contribution in [1.82, 2.24) is 0 Å². The largest absolute Gasteiger partial charge is 0.494 e. The van der Waals surface area contributed by atoms with Crippen molar-refractivity contribution < 1.29 is 19.1 Å². The van der Waals surface area contributed by atoms with Gasteiger partial charge in [-0.2, -0.15) is 0 Å². The highest BCUT2D eigenvalue weighted by atomic mass is 16.5. The lowest BCUT2D eigenvalue weighted by Crippen LogP contribution is -2.04. The van der Waals surface area contributed by atoms with E-state index in [4.69, 9.17) is 9.47 Å². The molecule has 0 bridgehead atoms. The van der Waals surface area contributed by atoms with E-state index in [0.717, 1.165) is 30.6 Å². The first-order valence-corrected chi connectivity index (χ1v) is 7.48. The van der Waals surface area contributed by atoms with Gasteiger partial charge in [0.25, 0.3) is 0 Å². The van der Waals surface area contributed by atoms with Crippen LogP contribution in [0.1, 0.15) is 45.1 Å². The fourth-order valence-electron chi connectivity index (χ4n) is 1.96. The molecule has 0 fully saturated rings. The molecular weight excluding hydrogens is 268 g/mol. The molecule has 0 unspecified atom stereocenters. The van der Waals surface area contributed by atoms with Gasteiger partial charge in [0, 0.05) is 12.8 Å². The number of esters is 1. The highest BCUT2D eigenvalue weighted by Crippen LogP contribution is 2.13. The van der Waals surface area contributed by atoms with Crippen molar-refractivity contribution in [2.45, 2.75) is 46.0 Å². The average Bonchev–Trinajstić information content (AvgIpc) is 2.44. The van der Waals surface area contributed by atoms with Crippen molar-refractivity contribution in [2.24, 2.45) is 0 Å². The molecule has 1 aromatic rings. The number of rotatable bonds is 10. The molecule has 1 rings (SSSR count). The molecule has 0 amide bonds. The minimum Gasteiger partial charge on any atom is -0.494 e. The Labute approximate surface area is 126 Å². The molecule has 1 aromatic carbocycles. The quantitative estimate of drug-likeness (QED) is 0.490. The third kappa shape index (κ3) is 8.12. The maximum atomic E-state index is 11.1. The van der Waals surface area contributed by atoms with Crippen LogP contribution >= 0.6 is 0 Å². The van der Waals surface area contributed by atoms with Gasteiger partial charge in [0.1, 0.15) is 11.5 Å². The summed E-state index contributed by atoms with van der Waals surface area (Å²) in [5.74, 6) is 0.845. The van der Waals surface area contributed by atoms with Gasteiger partial charge in [-0.1, -0.05) is 12.1 Å². The van der Waals surface area contributed by atoms with E-state index >= 15 is 0 Å². The highest BCUT2D eigenvalue weighted by Gasteiger charge is 2.01. The topological polar surface area (TPSA) is 52.6 Å². The van der Waals surface area contributed by atoms with Crippen LogP contribution < -0.4 is 4.74 Å². The van der Waals surface area contributed by atoms with Crippen LogP contribution in [0, 0.1) is 0 Å². The van der Waals surface area contributed by atoms with Crippen LogP contribution in [-0.2, 0) is 20.7 Å². The zero-order valence-corrected chi connectivity index (χ0v) is 12.9. The van der Waals surface area contributed by atoms with Crippen molar-refractivity contribution >= 4 is 11.8 Å². The molecule has 0 N–H and O–H groups in total. The first-order valence-electron chi connectivity index (χ1n) is 7.48. The lowest BCUT2D eigenvalue weighted by Gasteiger charge is -2.07. The van der Waals surface area contributed by atoms with E-state index in [1.165, 1.54) is 0 Å². The van der Waals surface area contributed by atoms with Crippen LogP contribution in [0.5, 0.6) is 5.75 Å². The van der Waals surface area contributed by atoms with Gasteiger partial charge in [-0.15, -0.1) is 0 Å². The smallest absolute Gasteiger partial charge is 0.305 e. The number of Topliss-reactive ketones (excluding diaryl/α,β-unsaturated/α-hetero) is 1. The Balaban J connectivity index is 2.12. The maximum Gasteiger partial charge on any atom is 0.305 e. The average molecular weight is 292 g/mol. The predicted molar refractivity (Wildman–Crippen MR) is 81.4 cm³/mol. The third-order valence-corrected chi connectivity index (χ3v) is 2.98. The van der Waals surface area contributed by atoms with Gasteiger partial charge >= 0.3 is 5.97 Å². The van der Waals surface area contributed by atoms with E-state index in [-0.39, 0.29) is 11.8 Å². The fourth-order valence-corrected chi connectivity index (χ4v) is 1.96. The monoisotopic (exact) mass is 292 g/mol. The summed E-state index contributed by atoms with van der Waals surface area (Å²) in [6.07, 6.45) is 3.64. The van der Waals surface area contributed by atoms with Crippen molar-refractivity contribution in [1.29, 1.82) is 0 Å². The van der Waals surface area contributed by atoms with Crippen molar-refractivity contribution in [3.8, 4) is 5.75 Å². The number of hydrogen-bond acceptors (Lipinski definition) is 4. The summed E-state index contributed by atoms with van der Waals surface area (Å²) in [5, 5.41) is 0. The Morgan fingerprint density at radius 3 is 2.38 bits per heavy atom. The number of carbonyl (C=O) groups excluding carboxylic acids is 2. The molecular formula is C17H24O4. The summed E-state index contributed by atoms with van der Waals surface area (Å²) in [7, 11) is 0. The van der Waals surface area contributed by atoms with Crippen LogP contribution in [0.25, 0.3) is 0 Å². The Bertz CT molecular complexity index is 437. The standard InChI is InChI=1S/C17H24O4/c1-3-20-17(19)7-5-4-6-12-21-16-10-8-15(9-11-16)13-14(2)18/h8-11H,3-7,12-13H2,1-2H3. The lowest BCUT2D eigenvalue weighted by atomic mass is 10.1. The second-order valence-corrected chi connectivity index (χ2v) is 4.99. The van der Waals surface area contributed by atoms with E-state index in [2.05, 4.69) is 0 Å². The van der Waals surface area contributed by atoms with Gasteiger partial charge in [0.15, 0.2) is 0 Å². The molecule has 4 heteroatoms. The molecule has 21 heavy (non-hydrogen) atoms. The molecule has 0 aliphatic heterocycles. The number of unbranched alkanes of at least 4 members (excludes halogenated alkanes) is 2. The van der Waals surface area contributed by atoms with Gasteiger partial charge in [0.05, 0.1) is 13.2 Å². The first kappa shape index (κ1) is 17.2. The number of benzene rings is 1. The van der Waals surface area contributed by atoms with E-state index in [0.29, 0.717) is 26.1 Å². The molecule has 4 nitrogen and oxygen atoms in total.